The number of carbonyl (C=O) groups is 1. The summed E-state index contributed by atoms with van der Waals surface area (Å²) in [5, 5.41) is 3.48. The number of imidazole rings is 1. The van der Waals surface area contributed by atoms with Crippen molar-refractivity contribution < 1.29 is 9.53 Å². The van der Waals surface area contributed by atoms with Gasteiger partial charge in [-0.15, -0.1) is 0 Å². The summed E-state index contributed by atoms with van der Waals surface area (Å²) in [5.74, 6) is 0.00166. The largest absolute Gasteiger partial charge is 0.465 e. The van der Waals surface area contributed by atoms with Crippen LogP contribution in [0.3, 0.4) is 0 Å². The molecule has 184 valence electrons. The second-order valence-corrected chi connectivity index (χ2v) is 9.60. The number of rotatable bonds is 7. The Labute approximate surface area is 208 Å². The molecule has 1 aromatic heterocycles. The minimum absolute atomic E-state index is 0.00166. The Balaban J connectivity index is 1.56. The van der Waals surface area contributed by atoms with Crippen molar-refractivity contribution in [1.29, 1.82) is 0 Å². The third-order valence-corrected chi connectivity index (χ3v) is 7.27. The maximum atomic E-state index is 14.2. The molecule has 2 aromatic carbocycles. The van der Waals surface area contributed by atoms with Crippen LogP contribution >= 0.6 is 0 Å². The lowest BCUT2D eigenvalue weighted by atomic mass is 9.94. The van der Waals surface area contributed by atoms with E-state index in [0.29, 0.717) is 30.9 Å². The van der Waals surface area contributed by atoms with E-state index in [1.165, 1.54) is 24.8 Å². The van der Waals surface area contributed by atoms with Crippen LogP contribution in [0.5, 0.6) is 6.01 Å². The van der Waals surface area contributed by atoms with Crippen molar-refractivity contribution in [3.8, 4) is 17.3 Å². The number of hydrogen-bond donors (Lipinski definition) is 1. The van der Waals surface area contributed by atoms with Crippen LogP contribution in [-0.2, 0) is 6.42 Å². The molecule has 2 fully saturated rings. The second kappa shape index (κ2) is 11.1. The van der Waals surface area contributed by atoms with E-state index in [2.05, 4.69) is 46.3 Å². The molecule has 5 rings (SSSR count). The first kappa shape index (κ1) is 23.6. The van der Waals surface area contributed by atoms with Gasteiger partial charge in [0.2, 0.25) is 0 Å². The van der Waals surface area contributed by atoms with Crippen molar-refractivity contribution in [3.05, 3.63) is 71.9 Å². The van der Waals surface area contributed by atoms with E-state index in [1.54, 1.807) is 0 Å². The molecule has 1 aliphatic carbocycles. The number of nitrogens with zero attached hydrogens (tertiary/aromatic N) is 3. The highest BCUT2D eigenvalue weighted by molar-refractivity contribution is 5.99. The Hall–Kier alpha value is -3.12. The van der Waals surface area contributed by atoms with Crippen LogP contribution in [0, 0.1) is 0 Å². The summed E-state index contributed by atoms with van der Waals surface area (Å²) in [6.45, 7) is 4.75. The maximum Gasteiger partial charge on any atom is 0.297 e. The first-order valence-electron chi connectivity index (χ1n) is 13.1. The molecule has 6 nitrogen and oxygen atoms in total. The molecule has 0 spiro atoms. The molecular weight excluding hydrogens is 436 g/mol. The van der Waals surface area contributed by atoms with E-state index >= 15 is 0 Å². The predicted molar refractivity (Wildman–Crippen MR) is 139 cm³/mol. The second-order valence-electron chi connectivity index (χ2n) is 9.60. The Kier molecular flexibility index (Phi) is 7.48. The van der Waals surface area contributed by atoms with E-state index in [-0.39, 0.29) is 11.9 Å². The lowest BCUT2D eigenvalue weighted by Gasteiger charge is -2.36. The SMILES string of the molecule is CCOc1nc(C(=O)N2CCNC[C@H]2Cc2ccccc2)c(-c2ccccc2)n1C1CCCCC1. The molecule has 2 aliphatic rings. The number of nitrogens with one attached hydrogen (secondary N) is 1. The molecule has 1 saturated heterocycles. The minimum Gasteiger partial charge on any atom is -0.465 e. The number of carbonyl (C=O) groups excluding carboxylic acids is 1. The van der Waals surface area contributed by atoms with Gasteiger partial charge in [0.15, 0.2) is 5.69 Å². The molecule has 1 atom stereocenters. The Morgan fingerprint density at radius 3 is 2.46 bits per heavy atom. The Morgan fingerprint density at radius 2 is 1.74 bits per heavy atom. The molecule has 2 heterocycles. The summed E-state index contributed by atoms with van der Waals surface area (Å²) in [6, 6.07) is 21.6. The van der Waals surface area contributed by atoms with Gasteiger partial charge in [0.05, 0.1) is 12.3 Å². The number of amides is 1. The van der Waals surface area contributed by atoms with E-state index in [4.69, 9.17) is 9.72 Å². The van der Waals surface area contributed by atoms with E-state index in [1.807, 2.05) is 36.1 Å². The highest BCUT2D eigenvalue weighted by Gasteiger charge is 2.34. The normalized spacial score (nSPS) is 19.0. The molecule has 1 N–H and O–H groups in total. The number of benzene rings is 2. The summed E-state index contributed by atoms with van der Waals surface area (Å²) in [5.41, 5.74) is 3.69. The van der Waals surface area contributed by atoms with Gasteiger partial charge < -0.3 is 15.0 Å². The van der Waals surface area contributed by atoms with Crippen LogP contribution in [0.4, 0.5) is 0 Å². The van der Waals surface area contributed by atoms with Crippen molar-refractivity contribution >= 4 is 5.91 Å². The molecular formula is C29H36N4O2. The average Bonchev–Trinajstić information content (AvgIpc) is 3.29. The highest BCUT2D eigenvalue weighted by Crippen LogP contribution is 2.39. The molecule has 6 heteroatoms. The van der Waals surface area contributed by atoms with E-state index in [9.17, 15) is 4.79 Å². The number of ether oxygens (including phenoxy) is 1. The molecule has 0 unspecified atom stereocenters. The zero-order valence-electron chi connectivity index (χ0n) is 20.7. The van der Waals surface area contributed by atoms with Gasteiger partial charge in [-0.05, 0) is 31.7 Å². The minimum atomic E-state index is 0.00166. The van der Waals surface area contributed by atoms with Crippen LogP contribution in [0.15, 0.2) is 60.7 Å². The van der Waals surface area contributed by atoms with Gasteiger partial charge in [-0.3, -0.25) is 9.36 Å². The zero-order valence-corrected chi connectivity index (χ0v) is 20.7. The lowest BCUT2D eigenvalue weighted by molar-refractivity contribution is 0.0630. The van der Waals surface area contributed by atoms with E-state index in [0.717, 1.165) is 43.6 Å². The van der Waals surface area contributed by atoms with Gasteiger partial charge in [0.25, 0.3) is 11.9 Å². The van der Waals surface area contributed by atoms with Crippen LogP contribution in [0.2, 0.25) is 0 Å². The van der Waals surface area contributed by atoms with Gasteiger partial charge in [-0.25, -0.2) is 0 Å². The summed E-state index contributed by atoms with van der Waals surface area (Å²) in [7, 11) is 0. The summed E-state index contributed by atoms with van der Waals surface area (Å²) in [4.78, 5) is 21.1. The lowest BCUT2D eigenvalue weighted by Crippen LogP contribution is -2.54. The molecule has 35 heavy (non-hydrogen) atoms. The van der Waals surface area contributed by atoms with Crippen molar-refractivity contribution in [1.82, 2.24) is 19.8 Å². The third-order valence-electron chi connectivity index (χ3n) is 7.27. The fourth-order valence-corrected chi connectivity index (χ4v) is 5.57. The molecule has 1 saturated carbocycles. The van der Waals surface area contributed by atoms with Crippen LogP contribution in [0.1, 0.15) is 61.1 Å². The standard InChI is InChI=1S/C29H36N4O2/c1-2-35-29-31-26(27(23-14-8-4-9-15-23)33(29)24-16-10-5-11-17-24)28(34)32-19-18-30-21-25(32)20-22-12-6-3-7-13-22/h3-4,6-9,12-15,24-25,30H,2,5,10-11,16-21H2,1H3/t25-/m1/s1. The summed E-state index contributed by atoms with van der Waals surface area (Å²) >= 11 is 0. The smallest absolute Gasteiger partial charge is 0.297 e. The average molecular weight is 473 g/mol. The Bertz CT molecular complexity index is 1110. The van der Waals surface area contributed by atoms with Crippen molar-refractivity contribution in [2.75, 3.05) is 26.2 Å². The van der Waals surface area contributed by atoms with Crippen molar-refractivity contribution in [3.63, 3.8) is 0 Å². The fourth-order valence-electron chi connectivity index (χ4n) is 5.57. The maximum absolute atomic E-state index is 14.2. The molecule has 1 aliphatic heterocycles. The summed E-state index contributed by atoms with van der Waals surface area (Å²) < 4.78 is 8.30. The van der Waals surface area contributed by atoms with E-state index < -0.39 is 0 Å². The highest BCUT2D eigenvalue weighted by atomic mass is 16.5. The summed E-state index contributed by atoms with van der Waals surface area (Å²) in [6.07, 6.45) is 6.67. The van der Waals surface area contributed by atoms with Crippen LogP contribution < -0.4 is 10.1 Å². The number of piperazine rings is 1. The third kappa shape index (κ3) is 5.13. The van der Waals surface area contributed by atoms with Gasteiger partial charge >= 0.3 is 0 Å². The predicted octanol–water partition coefficient (Wildman–Crippen LogP) is 5.11. The number of aromatic nitrogens is 2. The number of hydrogen-bond acceptors (Lipinski definition) is 4. The topological polar surface area (TPSA) is 59.4 Å². The monoisotopic (exact) mass is 472 g/mol. The van der Waals surface area contributed by atoms with Crippen molar-refractivity contribution in [2.24, 2.45) is 0 Å². The Morgan fingerprint density at radius 1 is 1.03 bits per heavy atom. The first-order chi connectivity index (χ1) is 17.3. The molecule has 1 amide bonds. The first-order valence-corrected chi connectivity index (χ1v) is 13.1. The van der Waals surface area contributed by atoms with Gasteiger partial charge in [-0.2, -0.15) is 4.98 Å². The van der Waals surface area contributed by atoms with Crippen LogP contribution in [-0.4, -0.2) is 52.6 Å². The van der Waals surface area contributed by atoms with Gasteiger partial charge in [0.1, 0.15) is 0 Å². The fraction of sp³-hybridized carbons (Fsp3) is 0.448. The van der Waals surface area contributed by atoms with Crippen molar-refractivity contribution in [2.45, 2.75) is 57.5 Å². The van der Waals surface area contributed by atoms with Gasteiger partial charge in [0, 0.05) is 37.3 Å². The molecule has 3 aromatic rings. The quantitative estimate of drug-likeness (QED) is 0.519. The molecule has 0 radical (unpaired) electrons. The van der Waals surface area contributed by atoms with Gasteiger partial charge in [-0.1, -0.05) is 79.9 Å². The molecule has 0 bridgehead atoms. The zero-order chi connectivity index (χ0) is 24.0. The van der Waals surface area contributed by atoms with Crippen LogP contribution in [0.25, 0.3) is 11.3 Å².